The van der Waals surface area contributed by atoms with Gasteiger partial charge in [0.05, 0.1) is 12.1 Å². The van der Waals surface area contributed by atoms with Crippen LogP contribution in [0.4, 0.5) is 18.0 Å². The quantitative estimate of drug-likeness (QED) is 0.147. The van der Waals surface area contributed by atoms with Gasteiger partial charge in [-0.15, -0.1) is 6.58 Å². The van der Waals surface area contributed by atoms with Crippen molar-refractivity contribution in [3.05, 3.63) is 12.7 Å². The van der Waals surface area contributed by atoms with Crippen molar-refractivity contribution in [1.82, 2.24) is 31.1 Å². The molecular weight excluding hydrogens is 669 g/mol. The predicted octanol–water partition coefficient (Wildman–Crippen LogP) is 4.09. The summed E-state index contributed by atoms with van der Waals surface area (Å²) in [5, 5.41) is 10.4. The SMILES string of the molecule is C=CCNC(=O)C(=O)C(CCC(F)(F)F)NC(=O)[C@@H]1C[C@@H](CC(C)C)CN1C(=O)[C@@H](NC(=O)N[C@H](CN1CCCCC1=O)C(C)(C)C)C(C)(C)C. The fourth-order valence-electron chi connectivity index (χ4n) is 6.46. The normalized spacial score (nSPS) is 20.4. The van der Waals surface area contributed by atoms with Gasteiger partial charge in [-0.2, -0.15) is 13.2 Å². The number of carbonyl (C=O) groups is 6. The molecule has 1 unspecified atom stereocenters. The summed E-state index contributed by atoms with van der Waals surface area (Å²) in [6.45, 7) is 19.4. The molecule has 2 saturated heterocycles. The first kappa shape index (κ1) is 43.5. The van der Waals surface area contributed by atoms with E-state index in [0.717, 1.165) is 12.8 Å². The first-order valence-corrected chi connectivity index (χ1v) is 17.9. The number of carbonyl (C=O) groups excluding carboxylic acids is 6. The Bertz CT molecular complexity index is 1280. The molecule has 4 N–H and O–H groups in total. The molecule has 5 atom stereocenters. The molecule has 2 rings (SSSR count). The van der Waals surface area contributed by atoms with Gasteiger partial charge in [0.25, 0.3) is 5.91 Å². The molecule has 2 aliphatic heterocycles. The van der Waals surface area contributed by atoms with Crippen LogP contribution in [0.1, 0.15) is 100 Å². The van der Waals surface area contributed by atoms with E-state index >= 15 is 0 Å². The number of Topliss-reactive ketones (excluding diaryl/α,β-unsaturated/α-hetero) is 1. The number of nitrogens with one attached hydrogen (secondary N) is 4. The molecule has 290 valence electrons. The topological polar surface area (TPSA) is 157 Å². The third kappa shape index (κ3) is 13.8. The Morgan fingerprint density at radius 1 is 0.961 bits per heavy atom. The number of hydrogen-bond donors (Lipinski definition) is 4. The zero-order chi connectivity index (χ0) is 38.9. The average Bonchev–Trinajstić information content (AvgIpc) is 3.42. The van der Waals surface area contributed by atoms with E-state index in [1.165, 1.54) is 11.0 Å². The zero-order valence-corrected chi connectivity index (χ0v) is 31.5. The van der Waals surface area contributed by atoms with Crippen molar-refractivity contribution in [2.75, 3.05) is 26.2 Å². The lowest BCUT2D eigenvalue weighted by Gasteiger charge is -2.39. The molecule has 2 fully saturated rings. The summed E-state index contributed by atoms with van der Waals surface area (Å²) in [4.78, 5) is 82.7. The van der Waals surface area contributed by atoms with Crippen molar-refractivity contribution in [3.8, 4) is 0 Å². The third-order valence-electron chi connectivity index (χ3n) is 9.32. The Morgan fingerprint density at radius 2 is 1.61 bits per heavy atom. The van der Waals surface area contributed by atoms with Crippen LogP contribution in [-0.4, -0.2) is 102 Å². The van der Waals surface area contributed by atoms with Crippen molar-refractivity contribution < 1.29 is 41.9 Å². The highest BCUT2D eigenvalue weighted by molar-refractivity contribution is 6.38. The number of rotatable bonds is 15. The van der Waals surface area contributed by atoms with Gasteiger partial charge in [-0.3, -0.25) is 24.0 Å². The molecule has 0 saturated carbocycles. The third-order valence-corrected chi connectivity index (χ3v) is 9.32. The fraction of sp³-hybridized carbons (Fsp3) is 0.778. The molecule has 2 heterocycles. The number of ketones is 1. The highest BCUT2D eigenvalue weighted by Gasteiger charge is 2.46. The van der Waals surface area contributed by atoms with Gasteiger partial charge in [0.15, 0.2) is 0 Å². The minimum absolute atomic E-state index is 0.0227. The average molecular weight is 729 g/mol. The van der Waals surface area contributed by atoms with Crippen molar-refractivity contribution in [1.29, 1.82) is 0 Å². The zero-order valence-electron chi connectivity index (χ0n) is 31.5. The van der Waals surface area contributed by atoms with E-state index in [2.05, 4.69) is 27.8 Å². The molecule has 0 bridgehead atoms. The summed E-state index contributed by atoms with van der Waals surface area (Å²) in [7, 11) is 0. The maximum Gasteiger partial charge on any atom is 0.389 e. The maximum atomic E-state index is 14.4. The summed E-state index contributed by atoms with van der Waals surface area (Å²) in [6, 6.07) is -5.16. The molecule has 15 heteroatoms. The minimum atomic E-state index is -4.65. The van der Waals surface area contributed by atoms with Gasteiger partial charge < -0.3 is 31.1 Å². The summed E-state index contributed by atoms with van der Waals surface area (Å²) in [5.41, 5.74) is -1.29. The standard InChI is InChI=1S/C36H59F3N6O6/c1-10-16-40-31(49)28(47)24(14-15-36(37,38)39)41-30(48)25-19-23(18-22(2)3)20-45(25)32(50)29(35(7,8)9)43-33(51)42-26(34(4,5)6)21-44-17-12-11-13-27(44)46/h10,22-26,29H,1,11-21H2,2-9H3,(H,40,49)(H,41,48)(H2,42,43,51)/t23-,24?,25+,26-,29-/m1/s1. The molecular formula is C36H59F3N6O6. The van der Waals surface area contributed by atoms with Crippen LogP contribution >= 0.6 is 0 Å². The van der Waals surface area contributed by atoms with E-state index in [-0.39, 0.29) is 37.3 Å². The monoisotopic (exact) mass is 728 g/mol. The van der Waals surface area contributed by atoms with Crippen molar-refractivity contribution in [2.24, 2.45) is 22.7 Å². The number of alkyl halides is 3. The van der Waals surface area contributed by atoms with Gasteiger partial charge in [0.1, 0.15) is 12.1 Å². The number of urea groups is 1. The van der Waals surface area contributed by atoms with Gasteiger partial charge in [0, 0.05) is 39.0 Å². The lowest BCUT2D eigenvalue weighted by molar-refractivity contribution is -0.147. The van der Waals surface area contributed by atoms with E-state index in [1.54, 1.807) is 25.7 Å². The van der Waals surface area contributed by atoms with Gasteiger partial charge in [0.2, 0.25) is 23.5 Å². The van der Waals surface area contributed by atoms with Crippen LogP contribution in [-0.2, 0) is 24.0 Å². The summed E-state index contributed by atoms with van der Waals surface area (Å²) in [5.74, 6) is -3.75. The lowest BCUT2D eigenvalue weighted by Crippen LogP contribution is -2.62. The first-order chi connectivity index (χ1) is 23.4. The molecule has 0 aliphatic carbocycles. The molecule has 0 radical (unpaired) electrons. The number of amides is 6. The van der Waals surface area contributed by atoms with Crippen LogP contribution in [0.15, 0.2) is 12.7 Å². The lowest BCUT2D eigenvalue weighted by atomic mass is 9.85. The second-order valence-corrected chi connectivity index (χ2v) is 16.4. The largest absolute Gasteiger partial charge is 0.389 e. The van der Waals surface area contributed by atoms with E-state index in [1.807, 2.05) is 34.6 Å². The summed E-state index contributed by atoms with van der Waals surface area (Å²) < 4.78 is 39.6. The van der Waals surface area contributed by atoms with Crippen molar-refractivity contribution in [3.63, 3.8) is 0 Å². The molecule has 2 aliphatic rings. The van der Waals surface area contributed by atoms with E-state index in [0.29, 0.717) is 25.9 Å². The van der Waals surface area contributed by atoms with Crippen LogP contribution in [0.25, 0.3) is 0 Å². The molecule has 0 spiro atoms. The Labute approximate surface area is 300 Å². The molecule has 51 heavy (non-hydrogen) atoms. The smallest absolute Gasteiger partial charge is 0.346 e. The molecule has 12 nitrogen and oxygen atoms in total. The van der Waals surface area contributed by atoms with Crippen LogP contribution in [0.2, 0.25) is 0 Å². The van der Waals surface area contributed by atoms with E-state index in [4.69, 9.17) is 0 Å². The Balaban J connectivity index is 2.36. The molecule has 0 aromatic heterocycles. The van der Waals surface area contributed by atoms with Gasteiger partial charge in [-0.05, 0) is 54.8 Å². The highest BCUT2D eigenvalue weighted by atomic mass is 19.4. The van der Waals surface area contributed by atoms with Crippen LogP contribution in [0, 0.1) is 22.7 Å². The van der Waals surface area contributed by atoms with Crippen molar-refractivity contribution >= 4 is 35.4 Å². The van der Waals surface area contributed by atoms with Gasteiger partial charge >= 0.3 is 12.2 Å². The maximum absolute atomic E-state index is 14.4. The second kappa shape index (κ2) is 18.2. The molecule has 0 aromatic carbocycles. The fourth-order valence-corrected chi connectivity index (χ4v) is 6.46. The predicted molar refractivity (Wildman–Crippen MR) is 187 cm³/mol. The van der Waals surface area contributed by atoms with Crippen molar-refractivity contribution in [2.45, 2.75) is 131 Å². The van der Waals surface area contributed by atoms with Crippen LogP contribution < -0.4 is 21.3 Å². The van der Waals surface area contributed by atoms with Gasteiger partial charge in [-0.1, -0.05) is 61.5 Å². The second-order valence-electron chi connectivity index (χ2n) is 16.4. The first-order valence-electron chi connectivity index (χ1n) is 17.9. The molecule has 0 aromatic rings. The van der Waals surface area contributed by atoms with Crippen LogP contribution in [0.5, 0.6) is 0 Å². The van der Waals surface area contributed by atoms with Gasteiger partial charge in [-0.25, -0.2) is 4.79 Å². The number of halogens is 3. The van der Waals surface area contributed by atoms with E-state index < -0.39 is 83.6 Å². The van der Waals surface area contributed by atoms with E-state index in [9.17, 15) is 41.9 Å². The number of hydrogen-bond acceptors (Lipinski definition) is 6. The van der Waals surface area contributed by atoms with Crippen LogP contribution in [0.3, 0.4) is 0 Å². The number of likely N-dealkylation sites (tertiary alicyclic amines) is 2. The Hall–Kier alpha value is -3.65. The number of nitrogens with zero attached hydrogens (tertiary/aromatic N) is 2. The summed E-state index contributed by atoms with van der Waals surface area (Å²) >= 11 is 0. The Morgan fingerprint density at radius 3 is 2.14 bits per heavy atom. The highest BCUT2D eigenvalue weighted by Crippen LogP contribution is 2.32. The Kier molecular flexibility index (Phi) is 15.5. The molecule has 6 amide bonds. The minimum Gasteiger partial charge on any atom is -0.346 e. The summed E-state index contributed by atoms with van der Waals surface area (Å²) in [6.07, 6.45) is -2.68. The number of piperidine rings is 1.